The molecule has 1 heterocycles. The molecular formula is C20H21ClN4OS. The van der Waals surface area contributed by atoms with Crippen LogP contribution in [0.25, 0.3) is 0 Å². The van der Waals surface area contributed by atoms with Crippen molar-refractivity contribution in [2.45, 2.75) is 32.1 Å². The molecule has 0 aliphatic rings. The minimum absolute atomic E-state index is 0.0432. The minimum atomic E-state index is 0.0432. The lowest BCUT2D eigenvalue weighted by molar-refractivity contribution is 0.102. The predicted molar refractivity (Wildman–Crippen MR) is 111 cm³/mol. The molecule has 0 fully saturated rings. The fraction of sp³-hybridized carbons (Fsp3) is 0.250. The van der Waals surface area contributed by atoms with Crippen LogP contribution in [0.5, 0.6) is 0 Å². The van der Waals surface area contributed by atoms with Crippen LogP contribution in [-0.4, -0.2) is 26.3 Å². The zero-order valence-electron chi connectivity index (χ0n) is 15.3. The SMILES string of the molecule is CCn1c(CNc2ccc(C)cc2)nnc1SCC(=O)c1ccc(Cl)cc1. The fourth-order valence-electron chi connectivity index (χ4n) is 2.58. The molecule has 7 heteroatoms. The third-order valence-corrected chi connectivity index (χ3v) is 5.33. The van der Waals surface area contributed by atoms with Gasteiger partial charge in [-0.1, -0.05) is 41.1 Å². The van der Waals surface area contributed by atoms with E-state index in [1.54, 1.807) is 24.3 Å². The van der Waals surface area contributed by atoms with E-state index < -0.39 is 0 Å². The molecule has 140 valence electrons. The Morgan fingerprint density at radius 3 is 2.48 bits per heavy atom. The van der Waals surface area contributed by atoms with Gasteiger partial charge in [-0.15, -0.1) is 10.2 Å². The Balaban J connectivity index is 1.62. The summed E-state index contributed by atoms with van der Waals surface area (Å²) in [6, 6.07) is 15.2. The first-order chi connectivity index (χ1) is 13.1. The number of hydrogen-bond donors (Lipinski definition) is 1. The number of benzene rings is 2. The summed E-state index contributed by atoms with van der Waals surface area (Å²) in [5, 5.41) is 13.3. The molecule has 3 aromatic rings. The Morgan fingerprint density at radius 2 is 1.81 bits per heavy atom. The van der Waals surface area contributed by atoms with Gasteiger partial charge in [0.2, 0.25) is 0 Å². The number of rotatable bonds is 8. The van der Waals surface area contributed by atoms with Crippen molar-refractivity contribution in [3.05, 3.63) is 70.5 Å². The zero-order chi connectivity index (χ0) is 19.2. The summed E-state index contributed by atoms with van der Waals surface area (Å²) in [6.45, 7) is 5.43. The smallest absolute Gasteiger partial charge is 0.191 e. The molecule has 0 atom stereocenters. The lowest BCUT2D eigenvalue weighted by atomic mass is 10.1. The molecule has 0 aliphatic heterocycles. The van der Waals surface area contributed by atoms with E-state index >= 15 is 0 Å². The number of ketones is 1. The van der Waals surface area contributed by atoms with Gasteiger partial charge in [-0.3, -0.25) is 4.79 Å². The van der Waals surface area contributed by atoms with E-state index in [1.807, 2.05) is 23.6 Å². The van der Waals surface area contributed by atoms with E-state index in [0.717, 1.165) is 23.2 Å². The highest BCUT2D eigenvalue weighted by Crippen LogP contribution is 2.20. The van der Waals surface area contributed by atoms with Crippen LogP contribution in [-0.2, 0) is 13.1 Å². The first kappa shape index (κ1) is 19.5. The first-order valence-corrected chi connectivity index (χ1v) is 10.1. The predicted octanol–water partition coefficient (Wildman–Crippen LogP) is 4.85. The molecule has 2 aromatic carbocycles. The summed E-state index contributed by atoms with van der Waals surface area (Å²) in [5.74, 6) is 1.20. The molecule has 0 spiro atoms. The molecule has 3 rings (SSSR count). The van der Waals surface area contributed by atoms with Crippen LogP contribution in [0.15, 0.2) is 53.7 Å². The molecular weight excluding hydrogens is 380 g/mol. The Labute approximate surface area is 168 Å². The number of nitrogens with zero attached hydrogens (tertiary/aromatic N) is 3. The maximum absolute atomic E-state index is 12.3. The molecule has 0 radical (unpaired) electrons. The van der Waals surface area contributed by atoms with Gasteiger partial charge in [0.05, 0.1) is 12.3 Å². The number of halogens is 1. The van der Waals surface area contributed by atoms with Crippen LogP contribution in [0.3, 0.4) is 0 Å². The van der Waals surface area contributed by atoms with Crippen LogP contribution in [0, 0.1) is 6.92 Å². The number of thioether (sulfide) groups is 1. The van der Waals surface area contributed by atoms with Gasteiger partial charge >= 0.3 is 0 Å². The van der Waals surface area contributed by atoms with Gasteiger partial charge in [-0.05, 0) is 50.2 Å². The maximum Gasteiger partial charge on any atom is 0.191 e. The van der Waals surface area contributed by atoms with Gasteiger partial charge < -0.3 is 9.88 Å². The number of carbonyl (C=O) groups is 1. The maximum atomic E-state index is 12.3. The second kappa shape index (κ2) is 9.06. The molecule has 0 bridgehead atoms. The third-order valence-electron chi connectivity index (χ3n) is 4.11. The molecule has 0 aliphatic carbocycles. The van der Waals surface area contributed by atoms with Crippen molar-refractivity contribution in [1.82, 2.24) is 14.8 Å². The van der Waals surface area contributed by atoms with Crippen molar-refractivity contribution in [3.8, 4) is 0 Å². The average molecular weight is 401 g/mol. The summed E-state index contributed by atoms with van der Waals surface area (Å²) in [4.78, 5) is 12.3. The second-order valence-corrected chi connectivity index (χ2v) is 7.46. The van der Waals surface area contributed by atoms with Gasteiger partial charge in [-0.2, -0.15) is 0 Å². The number of aromatic nitrogens is 3. The van der Waals surface area contributed by atoms with E-state index in [0.29, 0.717) is 22.9 Å². The topological polar surface area (TPSA) is 59.8 Å². The monoisotopic (exact) mass is 400 g/mol. The van der Waals surface area contributed by atoms with Crippen LogP contribution in [0.1, 0.15) is 28.7 Å². The van der Waals surface area contributed by atoms with Gasteiger partial charge in [0.15, 0.2) is 16.8 Å². The summed E-state index contributed by atoms with van der Waals surface area (Å²) in [5.41, 5.74) is 2.91. The average Bonchev–Trinajstić information content (AvgIpc) is 3.08. The van der Waals surface area contributed by atoms with Crippen molar-refractivity contribution in [2.75, 3.05) is 11.1 Å². The summed E-state index contributed by atoms with van der Waals surface area (Å²) < 4.78 is 2.03. The lowest BCUT2D eigenvalue weighted by Gasteiger charge is -2.09. The van der Waals surface area contributed by atoms with E-state index in [1.165, 1.54) is 17.3 Å². The normalized spacial score (nSPS) is 10.8. The second-order valence-electron chi connectivity index (χ2n) is 6.08. The van der Waals surface area contributed by atoms with Gasteiger partial charge in [0, 0.05) is 22.8 Å². The number of anilines is 1. The van der Waals surface area contributed by atoms with E-state index in [4.69, 9.17) is 11.6 Å². The lowest BCUT2D eigenvalue weighted by Crippen LogP contribution is -2.09. The molecule has 1 aromatic heterocycles. The van der Waals surface area contributed by atoms with Crippen molar-refractivity contribution in [3.63, 3.8) is 0 Å². The molecule has 27 heavy (non-hydrogen) atoms. The number of nitrogens with one attached hydrogen (secondary N) is 1. The molecule has 5 nitrogen and oxygen atoms in total. The summed E-state index contributed by atoms with van der Waals surface area (Å²) >= 11 is 7.27. The van der Waals surface area contributed by atoms with Gasteiger partial charge in [0.25, 0.3) is 0 Å². The fourth-order valence-corrected chi connectivity index (χ4v) is 3.62. The molecule has 0 amide bonds. The summed E-state index contributed by atoms with van der Waals surface area (Å²) in [6.07, 6.45) is 0. The standard InChI is InChI=1S/C20H21ClN4OS/c1-3-25-19(12-22-17-10-4-14(2)5-11-17)23-24-20(25)27-13-18(26)15-6-8-16(21)9-7-15/h4-11,22H,3,12-13H2,1-2H3. The van der Waals surface area contributed by atoms with Crippen LogP contribution < -0.4 is 5.32 Å². The summed E-state index contributed by atoms with van der Waals surface area (Å²) in [7, 11) is 0. The Morgan fingerprint density at radius 1 is 1.11 bits per heavy atom. The number of hydrogen-bond acceptors (Lipinski definition) is 5. The van der Waals surface area contributed by atoms with Gasteiger partial charge in [0.1, 0.15) is 0 Å². The zero-order valence-corrected chi connectivity index (χ0v) is 16.8. The van der Waals surface area contributed by atoms with Crippen molar-refractivity contribution in [2.24, 2.45) is 0 Å². The minimum Gasteiger partial charge on any atom is -0.378 e. The van der Waals surface area contributed by atoms with Crippen molar-refractivity contribution in [1.29, 1.82) is 0 Å². The largest absolute Gasteiger partial charge is 0.378 e. The molecule has 0 saturated heterocycles. The van der Waals surface area contributed by atoms with E-state index in [9.17, 15) is 4.79 Å². The van der Waals surface area contributed by atoms with E-state index in [-0.39, 0.29) is 5.78 Å². The van der Waals surface area contributed by atoms with Crippen LogP contribution >= 0.6 is 23.4 Å². The highest BCUT2D eigenvalue weighted by molar-refractivity contribution is 7.99. The van der Waals surface area contributed by atoms with Crippen LogP contribution in [0.4, 0.5) is 5.69 Å². The van der Waals surface area contributed by atoms with Crippen molar-refractivity contribution >= 4 is 34.8 Å². The first-order valence-electron chi connectivity index (χ1n) is 8.71. The highest BCUT2D eigenvalue weighted by atomic mass is 35.5. The third kappa shape index (κ3) is 5.11. The molecule has 1 N–H and O–H groups in total. The quantitative estimate of drug-likeness (QED) is 0.432. The van der Waals surface area contributed by atoms with Crippen LogP contribution in [0.2, 0.25) is 5.02 Å². The number of carbonyl (C=O) groups excluding carboxylic acids is 1. The Kier molecular flexibility index (Phi) is 6.53. The Hall–Kier alpha value is -2.31. The molecule has 0 unspecified atom stereocenters. The molecule has 0 saturated carbocycles. The van der Waals surface area contributed by atoms with E-state index in [2.05, 4.69) is 34.6 Å². The number of Topliss-reactive ketones (excluding diaryl/α,β-unsaturated/α-hetero) is 1. The highest BCUT2D eigenvalue weighted by Gasteiger charge is 2.14. The van der Waals surface area contributed by atoms with Crippen molar-refractivity contribution < 1.29 is 4.79 Å². The number of aryl methyl sites for hydroxylation is 1. The Bertz CT molecular complexity index is 907. The van der Waals surface area contributed by atoms with Gasteiger partial charge in [-0.25, -0.2) is 0 Å².